The van der Waals surface area contributed by atoms with E-state index in [2.05, 4.69) is 25.8 Å². The van der Waals surface area contributed by atoms with Crippen LogP contribution in [0.2, 0.25) is 0 Å². The summed E-state index contributed by atoms with van der Waals surface area (Å²) < 4.78 is 19.3. The predicted molar refractivity (Wildman–Crippen MR) is 129 cm³/mol. The van der Waals surface area contributed by atoms with E-state index in [9.17, 15) is 9.59 Å². The van der Waals surface area contributed by atoms with Crippen molar-refractivity contribution >= 4 is 11.9 Å². The van der Waals surface area contributed by atoms with Crippen molar-refractivity contribution in [3.63, 3.8) is 0 Å². The Morgan fingerprint density at radius 2 is 1.26 bits per heavy atom. The summed E-state index contributed by atoms with van der Waals surface area (Å²) in [5.41, 5.74) is -1.87. The number of hydrogen-bond acceptors (Lipinski definition) is 10. The molecule has 10 nitrogen and oxygen atoms in total. The smallest absolute Gasteiger partial charge is 0.345 e. The molecular formula is C24H42O10. The van der Waals surface area contributed by atoms with Crippen molar-refractivity contribution < 1.29 is 48.8 Å². The molecule has 0 rings (SSSR count). The molecule has 0 aromatic carbocycles. The summed E-state index contributed by atoms with van der Waals surface area (Å²) in [7, 11) is 2.43. The molecule has 0 aliphatic carbocycles. The van der Waals surface area contributed by atoms with Gasteiger partial charge in [-0.25, -0.2) is 19.4 Å². The normalized spacial score (nSPS) is 14.7. The monoisotopic (exact) mass is 490 g/mol. The van der Waals surface area contributed by atoms with Crippen LogP contribution in [0, 0.1) is 0 Å². The molecule has 0 spiro atoms. The summed E-state index contributed by atoms with van der Waals surface area (Å²) in [6, 6.07) is 0. The van der Waals surface area contributed by atoms with E-state index in [0.29, 0.717) is 26.4 Å². The molecule has 0 amide bonds. The van der Waals surface area contributed by atoms with Gasteiger partial charge in [0, 0.05) is 0 Å². The Kier molecular flexibility index (Phi) is 23.9. The average molecular weight is 491 g/mol. The number of carbonyl (C=O) groups excluding carboxylic acids is 2. The zero-order valence-corrected chi connectivity index (χ0v) is 21.7. The van der Waals surface area contributed by atoms with Gasteiger partial charge < -0.3 is 18.9 Å². The third-order valence-electron chi connectivity index (χ3n) is 3.92. The molecule has 0 fully saturated rings. The second-order valence-corrected chi connectivity index (χ2v) is 6.66. The Balaban J connectivity index is -0.000000530. The summed E-state index contributed by atoms with van der Waals surface area (Å²) in [4.78, 5) is 30.6. The Morgan fingerprint density at radius 3 is 1.59 bits per heavy atom. The van der Waals surface area contributed by atoms with Crippen LogP contribution in [0.5, 0.6) is 0 Å². The maximum absolute atomic E-state index is 11.3. The first-order valence-electron chi connectivity index (χ1n) is 10.7. The molecule has 0 heterocycles. The lowest BCUT2D eigenvalue weighted by atomic mass is 10.1. The highest BCUT2D eigenvalue weighted by molar-refractivity contribution is 5.81. The van der Waals surface area contributed by atoms with E-state index in [1.807, 2.05) is 33.8 Å². The lowest BCUT2D eigenvalue weighted by Gasteiger charge is -2.18. The maximum atomic E-state index is 11.3. The Bertz CT molecular complexity index is 642. The van der Waals surface area contributed by atoms with Gasteiger partial charge in [0.25, 0.3) is 0 Å². The molecule has 2 N–H and O–H groups in total. The predicted octanol–water partition coefficient (Wildman–Crippen LogP) is 4.14. The van der Waals surface area contributed by atoms with Gasteiger partial charge >= 0.3 is 11.9 Å². The van der Waals surface area contributed by atoms with Crippen molar-refractivity contribution in [2.45, 2.75) is 52.7 Å². The summed E-state index contributed by atoms with van der Waals surface area (Å²) in [5.74, 6) is -1.37. The minimum Gasteiger partial charge on any atom is -0.467 e. The molecule has 0 saturated heterocycles. The number of esters is 2. The Morgan fingerprint density at radius 1 is 0.853 bits per heavy atom. The molecule has 0 bridgehead atoms. The van der Waals surface area contributed by atoms with Crippen LogP contribution in [-0.4, -0.2) is 74.3 Å². The molecule has 0 aliphatic heterocycles. The van der Waals surface area contributed by atoms with Crippen LogP contribution in [0.15, 0.2) is 48.6 Å². The van der Waals surface area contributed by atoms with Gasteiger partial charge in [-0.1, -0.05) is 43.7 Å². The number of ether oxygens (including phenoxy) is 4. The molecule has 0 saturated carbocycles. The number of methoxy groups -OCH3 is 2. The van der Waals surface area contributed by atoms with Crippen molar-refractivity contribution in [3.05, 3.63) is 48.6 Å². The van der Waals surface area contributed by atoms with Crippen molar-refractivity contribution in [1.29, 1.82) is 0 Å². The van der Waals surface area contributed by atoms with E-state index in [-0.39, 0.29) is 0 Å². The third kappa shape index (κ3) is 16.3. The number of rotatable bonds is 14. The second kappa shape index (κ2) is 22.5. The van der Waals surface area contributed by atoms with Crippen molar-refractivity contribution in [2.75, 3.05) is 40.6 Å². The summed E-state index contributed by atoms with van der Waals surface area (Å²) in [6.45, 7) is 15.7. The van der Waals surface area contributed by atoms with Gasteiger partial charge in [0.05, 0.1) is 40.6 Å². The van der Waals surface area contributed by atoms with E-state index in [1.54, 1.807) is 18.2 Å². The fraction of sp³-hybridized carbons (Fsp3) is 0.583. The van der Waals surface area contributed by atoms with Gasteiger partial charge in [0.2, 0.25) is 11.2 Å². The van der Waals surface area contributed by atoms with Crippen molar-refractivity contribution in [3.8, 4) is 0 Å². The molecule has 2 unspecified atom stereocenters. The minimum atomic E-state index is -1.49. The van der Waals surface area contributed by atoms with Crippen LogP contribution in [0.25, 0.3) is 0 Å². The van der Waals surface area contributed by atoms with Gasteiger partial charge in [-0.05, 0) is 39.8 Å². The zero-order valence-electron chi connectivity index (χ0n) is 21.7. The number of hydrogen-bond donors (Lipinski definition) is 2. The van der Waals surface area contributed by atoms with E-state index < -0.39 is 23.1 Å². The highest BCUT2D eigenvalue weighted by Gasteiger charge is 2.34. The van der Waals surface area contributed by atoms with E-state index in [1.165, 1.54) is 40.2 Å². The molecule has 198 valence electrons. The minimum absolute atomic E-state index is 0.294. The Hall–Kier alpha value is -2.34. The maximum Gasteiger partial charge on any atom is 0.345 e. The van der Waals surface area contributed by atoms with Gasteiger partial charge in [0.1, 0.15) is 0 Å². The van der Waals surface area contributed by atoms with Gasteiger partial charge in [-0.2, -0.15) is 0 Å². The molecule has 2 atom stereocenters. The van der Waals surface area contributed by atoms with Crippen LogP contribution in [0.4, 0.5) is 0 Å². The van der Waals surface area contributed by atoms with Crippen LogP contribution < -0.4 is 0 Å². The molecule has 0 aromatic rings. The quantitative estimate of drug-likeness (QED) is 0.120. The highest BCUT2D eigenvalue weighted by Crippen LogP contribution is 2.13. The second-order valence-electron chi connectivity index (χ2n) is 6.66. The lowest BCUT2D eigenvalue weighted by Crippen LogP contribution is -2.36. The van der Waals surface area contributed by atoms with Crippen molar-refractivity contribution in [2.24, 2.45) is 0 Å². The van der Waals surface area contributed by atoms with Crippen LogP contribution in [0.3, 0.4) is 0 Å². The summed E-state index contributed by atoms with van der Waals surface area (Å²) in [5, 5.41) is 17.2. The third-order valence-corrected chi connectivity index (χ3v) is 3.92. The molecule has 0 radical (unpaired) electrons. The van der Waals surface area contributed by atoms with E-state index >= 15 is 0 Å². The number of allylic oxidation sites excluding steroid dienone is 1. The molecular weight excluding hydrogens is 448 g/mol. The summed E-state index contributed by atoms with van der Waals surface area (Å²) in [6.07, 6.45) is 9.47. The van der Waals surface area contributed by atoms with Crippen molar-refractivity contribution in [1.82, 2.24) is 0 Å². The number of carbonyl (C=O) groups is 2. The molecule has 10 heteroatoms. The van der Waals surface area contributed by atoms with E-state index in [0.717, 1.165) is 5.57 Å². The SMILES string of the molecule is C/C=C(/C)COC/C=C/C(C)(OO)C(=O)OC.C=CCOC/C=C/C(C)(OO)C(=O)OC.CC. The van der Waals surface area contributed by atoms with Crippen LogP contribution in [-0.2, 0) is 38.3 Å². The van der Waals surface area contributed by atoms with Gasteiger partial charge in [-0.3, -0.25) is 10.5 Å². The van der Waals surface area contributed by atoms with Gasteiger partial charge in [0.15, 0.2) is 0 Å². The molecule has 34 heavy (non-hydrogen) atoms. The average Bonchev–Trinajstić information content (AvgIpc) is 2.88. The lowest BCUT2D eigenvalue weighted by molar-refractivity contribution is -0.298. The topological polar surface area (TPSA) is 130 Å². The zero-order chi connectivity index (χ0) is 27.0. The highest BCUT2D eigenvalue weighted by atomic mass is 17.1. The van der Waals surface area contributed by atoms with E-state index in [4.69, 9.17) is 20.0 Å². The van der Waals surface area contributed by atoms with Crippen LogP contribution >= 0.6 is 0 Å². The largest absolute Gasteiger partial charge is 0.467 e. The fourth-order valence-corrected chi connectivity index (χ4v) is 1.81. The first-order chi connectivity index (χ1) is 16.1. The Labute approximate surface area is 203 Å². The summed E-state index contributed by atoms with van der Waals surface area (Å²) >= 11 is 0. The fourth-order valence-electron chi connectivity index (χ4n) is 1.81. The van der Waals surface area contributed by atoms with Crippen LogP contribution in [0.1, 0.15) is 41.5 Å². The van der Waals surface area contributed by atoms with Gasteiger partial charge in [-0.15, -0.1) is 6.58 Å². The first kappa shape index (κ1) is 36.2. The standard InChI is InChI=1S/C12H20O5.C10H16O5.C2H6/c1-5-10(2)9-16-8-6-7-12(3,17-14)11(13)15-4;1-4-7-14-8-5-6-10(2,15-12)9(11)13-3;1-2/h5-7,14H,8-9H2,1-4H3;4-6,12H,1,7-8H2,2-3H3;1-2H3/b7-6+,10-5-;6-5+;. The molecule has 0 aromatic heterocycles. The first-order valence-corrected chi connectivity index (χ1v) is 10.7. The molecule has 0 aliphatic rings.